The van der Waals surface area contributed by atoms with Gasteiger partial charge in [0, 0.05) is 12.6 Å². The molecule has 3 nitrogen and oxygen atoms in total. The maximum Gasteiger partial charge on any atom is 0.257 e. The molecule has 0 fully saturated rings. The van der Waals surface area contributed by atoms with E-state index in [0.29, 0.717) is 12.2 Å². The topological polar surface area (TPSA) is 42.9 Å². The van der Waals surface area contributed by atoms with Crippen molar-refractivity contribution in [2.75, 3.05) is 0 Å². The molecule has 1 aromatic heterocycles. The molecule has 0 spiro atoms. The highest BCUT2D eigenvalue weighted by Gasteiger charge is 2.09. The molecule has 0 unspecified atom stereocenters. The lowest BCUT2D eigenvalue weighted by Gasteiger charge is -1.98. The van der Waals surface area contributed by atoms with Crippen LogP contribution >= 0.6 is 23.2 Å². The Hall–Kier alpha value is -0.670. The molecule has 0 amide bonds. The van der Waals surface area contributed by atoms with E-state index in [1.165, 1.54) is 6.20 Å². The number of aromatic nitrogens is 2. The van der Waals surface area contributed by atoms with Crippen LogP contribution in [0, 0.1) is 0 Å². The fourth-order valence-electron chi connectivity index (χ4n) is 0.697. The average Bonchev–Trinajstić information content (AvgIpc) is 2.03. The minimum Gasteiger partial charge on any atom is -0.275 e. The molecule has 1 rings (SSSR count). The first-order valence-corrected chi connectivity index (χ1v) is 4.12. The quantitative estimate of drug-likeness (QED) is 0.548. The monoisotopic (exact) mass is 204 g/mol. The Labute approximate surface area is 79.7 Å². The van der Waals surface area contributed by atoms with Gasteiger partial charge in [0.2, 0.25) is 0 Å². The summed E-state index contributed by atoms with van der Waals surface area (Å²) in [5.41, 5.74) is 0.149. The molecule has 0 N–H and O–H groups in total. The fourth-order valence-corrected chi connectivity index (χ4v) is 1.12. The summed E-state index contributed by atoms with van der Waals surface area (Å²) in [6.07, 6.45) is 2.01. The minimum atomic E-state index is -0.636. The lowest BCUT2D eigenvalue weighted by Crippen LogP contribution is -1.99. The Balaban J connectivity index is 3.12. The van der Waals surface area contributed by atoms with Crippen LogP contribution in [0.5, 0.6) is 0 Å². The van der Waals surface area contributed by atoms with Crippen LogP contribution in [-0.2, 0) is 6.42 Å². The first kappa shape index (κ1) is 9.42. The van der Waals surface area contributed by atoms with E-state index in [-0.39, 0.29) is 10.7 Å². The zero-order valence-electron chi connectivity index (χ0n) is 6.34. The van der Waals surface area contributed by atoms with Crippen LogP contribution in [0.15, 0.2) is 6.20 Å². The van der Waals surface area contributed by atoms with E-state index in [4.69, 9.17) is 23.2 Å². The Kier molecular flexibility index (Phi) is 3.00. The van der Waals surface area contributed by atoms with E-state index in [1.54, 1.807) is 0 Å². The number of hydrogen-bond donors (Lipinski definition) is 0. The second-order valence-corrected chi connectivity index (χ2v) is 2.82. The zero-order valence-corrected chi connectivity index (χ0v) is 7.85. The van der Waals surface area contributed by atoms with E-state index in [1.807, 2.05) is 6.92 Å². The first-order valence-electron chi connectivity index (χ1n) is 3.36. The van der Waals surface area contributed by atoms with Gasteiger partial charge in [-0.05, 0) is 11.6 Å². The molecule has 0 radical (unpaired) electrons. The van der Waals surface area contributed by atoms with Gasteiger partial charge in [0.25, 0.3) is 5.24 Å². The molecule has 12 heavy (non-hydrogen) atoms. The number of aryl methyl sites for hydroxylation is 1. The summed E-state index contributed by atoms with van der Waals surface area (Å²) in [4.78, 5) is 18.4. The maximum atomic E-state index is 10.7. The van der Waals surface area contributed by atoms with Gasteiger partial charge in [-0.3, -0.25) is 4.79 Å². The van der Waals surface area contributed by atoms with Gasteiger partial charge in [0.1, 0.15) is 11.0 Å². The molecule has 0 aromatic carbocycles. The van der Waals surface area contributed by atoms with Crippen molar-refractivity contribution in [3.63, 3.8) is 0 Å². The molecule has 64 valence electrons. The smallest absolute Gasteiger partial charge is 0.257 e. The number of hydrogen-bond acceptors (Lipinski definition) is 3. The van der Waals surface area contributed by atoms with Gasteiger partial charge < -0.3 is 0 Å². The number of halogens is 2. The summed E-state index contributed by atoms with van der Waals surface area (Å²) in [6.45, 7) is 1.90. The zero-order chi connectivity index (χ0) is 9.14. The third-order valence-corrected chi connectivity index (χ3v) is 1.81. The Morgan fingerprint density at radius 2 is 2.33 bits per heavy atom. The normalized spacial score (nSPS) is 9.92. The van der Waals surface area contributed by atoms with Crippen molar-refractivity contribution in [3.05, 3.63) is 22.7 Å². The summed E-state index contributed by atoms with van der Waals surface area (Å²) >= 11 is 10.8. The van der Waals surface area contributed by atoms with Gasteiger partial charge in [0.05, 0.1) is 5.56 Å². The van der Waals surface area contributed by atoms with Crippen molar-refractivity contribution in [1.29, 1.82) is 0 Å². The predicted molar refractivity (Wildman–Crippen MR) is 46.6 cm³/mol. The largest absolute Gasteiger partial charge is 0.275 e. The van der Waals surface area contributed by atoms with E-state index in [0.717, 1.165) is 0 Å². The maximum absolute atomic E-state index is 10.7. The Morgan fingerprint density at radius 1 is 1.67 bits per heavy atom. The molecule has 0 saturated heterocycles. The highest BCUT2D eigenvalue weighted by atomic mass is 35.5. The summed E-state index contributed by atoms with van der Waals surface area (Å²) < 4.78 is 0. The van der Waals surface area contributed by atoms with Crippen LogP contribution in [0.3, 0.4) is 0 Å². The lowest BCUT2D eigenvalue weighted by molar-refractivity contribution is 0.108. The number of nitrogens with zero attached hydrogens (tertiary/aromatic N) is 2. The minimum absolute atomic E-state index is 0.113. The molecule has 0 aliphatic rings. The fraction of sp³-hybridized carbons (Fsp3) is 0.286. The molecule has 1 heterocycles. The van der Waals surface area contributed by atoms with Crippen LogP contribution in [-0.4, -0.2) is 15.2 Å². The van der Waals surface area contributed by atoms with Crippen molar-refractivity contribution < 1.29 is 4.79 Å². The SMILES string of the molecule is CCc1ncc(C(=O)Cl)c(Cl)n1. The molecule has 0 bridgehead atoms. The van der Waals surface area contributed by atoms with Gasteiger partial charge in [-0.25, -0.2) is 9.97 Å². The Morgan fingerprint density at radius 3 is 2.75 bits per heavy atom. The second kappa shape index (κ2) is 3.83. The standard InChI is InChI=1S/C7H6Cl2N2O/c1-2-5-10-3-4(7(9)12)6(8)11-5/h3H,2H2,1H3. The lowest BCUT2D eigenvalue weighted by atomic mass is 10.3. The summed E-state index contributed by atoms with van der Waals surface area (Å²) in [6, 6.07) is 0. The summed E-state index contributed by atoms with van der Waals surface area (Å²) in [5.74, 6) is 0.599. The third kappa shape index (κ3) is 1.93. The van der Waals surface area contributed by atoms with Crippen LogP contribution in [0.2, 0.25) is 5.15 Å². The van der Waals surface area contributed by atoms with Crippen molar-refractivity contribution in [2.45, 2.75) is 13.3 Å². The van der Waals surface area contributed by atoms with Crippen molar-refractivity contribution >= 4 is 28.4 Å². The van der Waals surface area contributed by atoms with Gasteiger partial charge in [0.15, 0.2) is 0 Å². The molecule has 0 aliphatic heterocycles. The van der Waals surface area contributed by atoms with Crippen LogP contribution in [0.25, 0.3) is 0 Å². The molecule has 0 saturated carbocycles. The second-order valence-electron chi connectivity index (χ2n) is 2.12. The highest BCUT2D eigenvalue weighted by molar-refractivity contribution is 6.68. The molecular weight excluding hydrogens is 199 g/mol. The summed E-state index contributed by atoms with van der Waals surface area (Å²) in [7, 11) is 0. The molecule has 1 aromatic rings. The Bertz CT molecular complexity index is 314. The highest BCUT2D eigenvalue weighted by Crippen LogP contribution is 2.14. The van der Waals surface area contributed by atoms with Gasteiger partial charge in [-0.15, -0.1) is 0 Å². The van der Waals surface area contributed by atoms with Crippen LogP contribution in [0.1, 0.15) is 23.1 Å². The predicted octanol–water partition coefficient (Wildman–Crippen LogP) is 2.07. The van der Waals surface area contributed by atoms with Gasteiger partial charge in [-0.2, -0.15) is 0 Å². The van der Waals surface area contributed by atoms with E-state index >= 15 is 0 Å². The van der Waals surface area contributed by atoms with Crippen molar-refractivity contribution in [2.24, 2.45) is 0 Å². The molecular formula is C7H6Cl2N2O. The number of rotatable bonds is 2. The van der Waals surface area contributed by atoms with Gasteiger partial charge >= 0.3 is 0 Å². The van der Waals surface area contributed by atoms with Crippen molar-refractivity contribution in [3.8, 4) is 0 Å². The number of carbonyl (C=O) groups excluding carboxylic acids is 1. The van der Waals surface area contributed by atoms with E-state index < -0.39 is 5.24 Å². The van der Waals surface area contributed by atoms with E-state index in [9.17, 15) is 4.79 Å². The number of carbonyl (C=O) groups is 1. The van der Waals surface area contributed by atoms with Crippen molar-refractivity contribution in [1.82, 2.24) is 9.97 Å². The van der Waals surface area contributed by atoms with Crippen LogP contribution in [0.4, 0.5) is 0 Å². The average molecular weight is 205 g/mol. The van der Waals surface area contributed by atoms with Crippen LogP contribution < -0.4 is 0 Å². The first-order chi connectivity index (χ1) is 5.65. The molecule has 0 aliphatic carbocycles. The third-order valence-electron chi connectivity index (χ3n) is 1.32. The van der Waals surface area contributed by atoms with Gasteiger partial charge in [-0.1, -0.05) is 18.5 Å². The molecule has 0 atom stereocenters. The van der Waals surface area contributed by atoms with E-state index in [2.05, 4.69) is 9.97 Å². The molecule has 5 heteroatoms. The summed E-state index contributed by atoms with van der Waals surface area (Å²) in [5, 5.41) is -0.524.